The lowest BCUT2D eigenvalue weighted by molar-refractivity contribution is -0.110. The monoisotopic (exact) mass is 600 g/mol. The number of aromatic amines is 1. The smallest absolute Gasteiger partial charge is 0.264 e. The molecule has 1 saturated heterocycles. The van der Waals surface area contributed by atoms with Crippen molar-refractivity contribution in [3.8, 4) is 0 Å². The van der Waals surface area contributed by atoms with Gasteiger partial charge in [-0.2, -0.15) is 0 Å². The van der Waals surface area contributed by atoms with Crippen LogP contribution in [0, 0.1) is 5.41 Å². The van der Waals surface area contributed by atoms with Crippen molar-refractivity contribution in [2.45, 2.75) is 57.3 Å². The van der Waals surface area contributed by atoms with E-state index in [1.54, 1.807) is 18.2 Å². The van der Waals surface area contributed by atoms with Crippen molar-refractivity contribution in [3.63, 3.8) is 0 Å². The number of benzene rings is 2. The molecule has 0 radical (unpaired) electrons. The molecule has 0 atom stereocenters. The number of H-pyrrole nitrogens is 1. The van der Waals surface area contributed by atoms with Crippen LogP contribution in [0.5, 0.6) is 0 Å². The van der Waals surface area contributed by atoms with Crippen LogP contribution in [-0.4, -0.2) is 63.6 Å². The van der Waals surface area contributed by atoms with Gasteiger partial charge in [-0.15, -0.1) is 0 Å². The number of nitrogens with one attached hydrogen (secondary N) is 2. The number of amides is 1. The van der Waals surface area contributed by atoms with E-state index in [0.29, 0.717) is 29.8 Å². The number of carbonyl (C=O) groups is 1. The molecule has 1 aliphatic carbocycles. The van der Waals surface area contributed by atoms with Gasteiger partial charge in [-0.05, 0) is 97.5 Å². The van der Waals surface area contributed by atoms with Gasteiger partial charge in [0.25, 0.3) is 15.9 Å². The van der Waals surface area contributed by atoms with Crippen LogP contribution >= 0.6 is 0 Å². The summed E-state index contributed by atoms with van der Waals surface area (Å²) in [6, 6.07) is 12.6. The van der Waals surface area contributed by atoms with Gasteiger partial charge >= 0.3 is 0 Å². The first-order chi connectivity index (χ1) is 20.7. The van der Waals surface area contributed by atoms with Gasteiger partial charge in [0, 0.05) is 42.3 Å². The highest BCUT2D eigenvalue weighted by Crippen LogP contribution is 2.41. The van der Waals surface area contributed by atoms with Crippen LogP contribution < -0.4 is 9.62 Å². The minimum atomic E-state index is -3.79. The molecule has 43 heavy (non-hydrogen) atoms. The lowest BCUT2D eigenvalue weighted by Gasteiger charge is -2.30. The molecule has 7 rings (SSSR count). The Kier molecular flexibility index (Phi) is 7.22. The SMILES string of the molecule is CC1(C)CCc2c([nH]c(/C=C3\C(=O)Nc4ccc(S(=O)(=O)N5CCc6ccccc65)cc43)c2CCCN2CCOCC2)C1. The molecule has 1 fully saturated rings. The molecule has 0 unspecified atom stereocenters. The van der Waals surface area contributed by atoms with Gasteiger partial charge in [-0.1, -0.05) is 32.0 Å². The number of para-hydroxylation sites is 1. The Bertz CT molecular complexity index is 1720. The molecule has 3 aliphatic heterocycles. The molecule has 226 valence electrons. The molecule has 2 aromatic carbocycles. The molecule has 9 heteroatoms. The third kappa shape index (κ3) is 5.32. The summed E-state index contributed by atoms with van der Waals surface area (Å²) < 4.78 is 34.7. The molecule has 1 aromatic heterocycles. The largest absolute Gasteiger partial charge is 0.379 e. The predicted octanol–water partition coefficient (Wildman–Crippen LogP) is 5.04. The first-order valence-corrected chi connectivity index (χ1v) is 16.9. The number of morpholine rings is 1. The molecule has 0 bridgehead atoms. The number of hydrogen-bond acceptors (Lipinski definition) is 5. The summed E-state index contributed by atoms with van der Waals surface area (Å²) in [5.41, 5.74) is 8.70. The van der Waals surface area contributed by atoms with E-state index in [1.807, 2.05) is 30.3 Å². The zero-order valence-electron chi connectivity index (χ0n) is 25.0. The zero-order chi connectivity index (χ0) is 29.8. The Morgan fingerprint density at radius 2 is 1.86 bits per heavy atom. The van der Waals surface area contributed by atoms with Crippen molar-refractivity contribution in [2.24, 2.45) is 5.41 Å². The van der Waals surface area contributed by atoms with Gasteiger partial charge in [-0.25, -0.2) is 8.42 Å². The highest BCUT2D eigenvalue weighted by molar-refractivity contribution is 7.92. The molecule has 2 N–H and O–H groups in total. The second kappa shape index (κ2) is 10.9. The quantitative estimate of drug-likeness (QED) is 0.371. The number of rotatable bonds is 7. The number of fused-ring (bicyclic) bond motifs is 3. The molecule has 0 spiro atoms. The summed E-state index contributed by atoms with van der Waals surface area (Å²) >= 11 is 0. The molecule has 0 saturated carbocycles. The van der Waals surface area contributed by atoms with E-state index in [-0.39, 0.29) is 16.2 Å². The van der Waals surface area contributed by atoms with Gasteiger partial charge in [-0.3, -0.25) is 14.0 Å². The zero-order valence-corrected chi connectivity index (χ0v) is 25.9. The lowest BCUT2D eigenvalue weighted by atomic mass is 9.76. The second-order valence-corrected chi connectivity index (χ2v) is 14.9. The standard InChI is InChI=1S/C34H40N4O4S/c1-34(2)13-11-26-25(7-5-14-37-16-18-42-19-17-37)30(35-31(26)22-34)21-28-27-20-24(9-10-29(27)36-33(28)39)43(40,41)38-15-12-23-6-3-4-8-32(23)38/h3-4,6,8-10,20-21,35H,5,7,11-19,22H2,1-2H3,(H,36,39)/b28-21-. The minimum absolute atomic E-state index is 0.198. The van der Waals surface area contributed by atoms with Gasteiger partial charge in [0.15, 0.2) is 0 Å². The van der Waals surface area contributed by atoms with Crippen LogP contribution in [0.15, 0.2) is 47.4 Å². The van der Waals surface area contributed by atoms with Crippen molar-refractivity contribution < 1.29 is 17.9 Å². The number of sulfonamides is 1. The first-order valence-electron chi connectivity index (χ1n) is 15.5. The van der Waals surface area contributed by atoms with E-state index in [2.05, 4.69) is 29.0 Å². The number of hydrogen-bond donors (Lipinski definition) is 2. The van der Waals surface area contributed by atoms with Crippen molar-refractivity contribution in [1.29, 1.82) is 0 Å². The predicted molar refractivity (Wildman–Crippen MR) is 170 cm³/mol. The summed E-state index contributed by atoms with van der Waals surface area (Å²) in [6.45, 7) is 9.60. The Hall–Kier alpha value is -3.40. The molecular weight excluding hydrogens is 560 g/mol. The summed E-state index contributed by atoms with van der Waals surface area (Å²) in [4.78, 5) is 19.7. The van der Waals surface area contributed by atoms with E-state index >= 15 is 0 Å². The number of ether oxygens (including phenoxy) is 1. The highest BCUT2D eigenvalue weighted by Gasteiger charge is 2.34. The Labute approximate surface area is 254 Å². The summed E-state index contributed by atoms with van der Waals surface area (Å²) in [6.07, 6.45) is 7.74. The third-order valence-electron chi connectivity index (χ3n) is 9.55. The first kappa shape index (κ1) is 28.4. The molecule has 4 heterocycles. The Balaban J connectivity index is 1.22. The van der Waals surface area contributed by atoms with Crippen LogP contribution in [0.3, 0.4) is 0 Å². The lowest BCUT2D eigenvalue weighted by Crippen LogP contribution is -2.37. The van der Waals surface area contributed by atoms with Crippen LogP contribution in [-0.2, 0) is 45.2 Å². The topological polar surface area (TPSA) is 94.7 Å². The van der Waals surface area contributed by atoms with Crippen molar-refractivity contribution in [2.75, 3.05) is 49.0 Å². The average molecular weight is 601 g/mol. The maximum Gasteiger partial charge on any atom is 0.264 e. The molecule has 8 nitrogen and oxygen atoms in total. The molecule has 1 amide bonds. The Morgan fingerprint density at radius 3 is 2.70 bits per heavy atom. The van der Waals surface area contributed by atoms with Crippen LogP contribution in [0.4, 0.5) is 11.4 Å². The van der Waals surface area contributed by atoms with Gasteiger partial charge in [0.05, 0.1) is 29.4 Å². The fourth-order valence-electron chi connectivity index (χ4n) is 7.15. The summed E-state index contributed by atoms with van der Waals surface area (Å²) in [7, 11) is -3.79. The van der Waals surface area contributed by atoms with Crippen molar-refractivity contribution in [1.82, 2.24) is 9.88 Å². The second-order valence-electron chi connectivity index (χ2n) is 13.0. The average Bonchev–Trinajstić information content (AvgIpc) is 3.66. The maximum atomic E-state index is 13.8. The van der Waals surface area contributed by atoms with Gasteiger partial charge < -0.3 is 15.0 Å². The van der Waals surface area contributed by atoms with E-state index in [9.17, 15) is 13.2 Å². The number of carbonyl (C=O) groups excluding carboxylic acids is 1. The van der Waals surface area contributed by atoms with E-state index in [0.717, 1.165) is 81.9 Å². The molecular formula is C34H40N4O4S. The van der Waals surface area contributed by atoms with Gasteiger partial charge in [0.2, 0.25) is 0 Å². The van der Waals surface area contributed by atoms with Gasteiger partial charge in [0.1, 0.15) is 0 Å². The number of nitrogens with zero attached hydrogens (tertiary/aromatic N) is 2. The molecule has 3 aromatic rings. The minimum Gasteiger partial charge on any atom is -0.379 e. The number of anilines is 2. The normalized spacial score (nSPS) is 20.7. The summed E-state index contributed by atoms with van der Waals surface area (Å²) in [5.74, 6) is -0.205. The molecule has 4 aliphatic rings. The highest BCUT2D eigenvalue weighted by atomic mass is 32.2. The summed E-state index contributed by atoms with van der Waals surface area (Å²) in [5, 5.41) is 2.96. The Morgan fingerprint density at radius 1 is 1.05 bits per heavy atom. The fourth-order valence-corrected chi connectivity index (χ4v) is 8.68. The van der Waals surface area contributed by atoms with Crippen LogP contribution in [0.1, 0.15) is 60.3 Å². The van der Waals surface area contributed by atoms with E-state index < -0.39 is 10.0 Å². The van der Waals surface area contributed by atoms with E-state index in [1.165, 1.54) is 21.1 Å². The van der Waals surface area contributed by atoms with Crippen molar-refractivity contribution in [3.05, 3.63) is 76.1 Å². The van der Waals surface area contributed by atoms with Crippen molar-refractivity contribution >= 4 is 39.0 Å². The maximum absolute atomic E-state index is 13.8. The number of aromatic nitrogens is 1. The van der Waals surface area contributed by atoms with Crippen LogP contribution in [0.2, 0.25) is 0 Å². The van der Waals surface area contributed by atoms with Crippen LogP contribution in [0.25, 0.3) is 11.6 Å². The third-order valence-corrected chi connectivity index (χ3v) is 11.4. The van der Waals surface area contributed by atoms with E-state index in [4.69, 9.17) is 4.74 Å². The fraction of sp³-hybridized carbons (Fsp3) is 0.441.